The second-order valence-corrected chi connectivity index (χ2v) is 6.70. The highest BCUT2D eigenvalue weighted by atomic mass is 35.5. The van der Waals surface area contributed by atoms with Gasteiger partial charge in [-0.15, -0.1) is 0 Å². The lowest BCUT2D eigenvalue weighted by Gasteiger charge is -2.10. The Morgan fingerprint density at radius 3 is 2.46 bits per heavy atom. The SMILES string of the molecule is Cc1nc2c(cnn2C(C)C)cc1C(=O)Nc1cc(Cl)cc(Cl)c1. The molecule has 0 atom stereocenters. The summed E-state index contributed by atoms with van der Waals surface area (Å²) in [6.07, 6.45) is 1.72. The lowest BCUT2D eigenvalue weighted by atomic mass is 10.1. The van der Waals surface area contributed by atoms with Crippen molar-refractivity contribution >= 4 is 45.8 Å². The molecule has 0 bridgehead atoms. The zero-order chi connectivity index (χ0) is 17.4. The first kappa shape index (κ1) is 16.7. The molecule has 5 nitrogen and oxygen atoms in total. The number of nitrogens with one attached hydrogen (secondary N) is 1. The van der Waals surface area contributed by atoms with E-state index < -0.39 is 0 Å². The lowest BCUT2D eigenvalue weighted by molar-refractivity contribution is 0.102. The highest BCUT2D eigenvalue weighted by Gasteiger charge is 2.15. The molecule has 1 aromatic carbocycles. The van der Waals surface area contributed by atoms with E-state index in [1.807, 2.05) is 18.5 Å². The van der Waals surface area contributed by atoms with Crippen LogP contribution in [0.3, 0.4) is 0 Å². The van der Waals surface area contributed by atoms with Crippen LogP contribution in [0.2, 0.25) is 10.0 Å². The van der Waals surface area contributed by atoms with Gasteiger partial charge >= 0.3 is 0 Å². The zero-order valence-electron chi connectivity index (χ0n) is 13.5. The number of rotatable bonds is 3. The lowest BCUT2D eigenvalue weighted by Crippen LogP contribution is -2.14. The summed E-state index contributed by atoms with van der Waals surface area (Å²) in [5.41, 5.74) is 2.43. The van der Waals surface area contributed by atoms with Crippen LogP contribution in [-0.4, -0.2) is 20.7 Å². The number of hydrogen-bond donors (Lipinski definition) is 1. The van der Waals surface area contributed by atoms with Crippen molar-refractivity contribution in [1.29, 1.82) is 0 Å². The first-order valence-electron chi connectivity index (χ1n) is 7.47. The van der Waals surface area contributed by atoms with Crippen LogP contribution >= 0.6 is 23.2 Å². The summed E-state index contributed by atoms with van der Waals surface area (Å²) in [6.45, 7) is 5.87. The molecule has 0 aliphatic rings. The Hall–Kier alpha value is -2.11. The maximum Gasteiger partial charge on any atom is 0.257 e. The second kappa shape index (κ2) is 6.42. The third-order valence-corrected chi connectivity index (χ3v) is 4.05. The number of nitrogens with zero attached hydrogens (tertiary/aromatic N) is 3. The van der Waals surface area contributed by atoms with Gasteiger partial charge < -0.3 is 5.32 Å². The Bertz CT molecular complexity index is 913. The monoisotopic (exact) mass is 362 g/mol. The molecule has 1 N–H and O–H groups in total. The normalized spacial score (nSPS) is 11.2. The highest BCUT2D eigenvalue weighted by molar-refractivity contribution is 6.35. The minimum atomic E-state index is -0.266. The predicted molar refractivity (Wildman–Crippen MR) is 97.1 cm³/mol. The number of aryl methyl sites for hydroxylation is 1. The van der Waals surface area contributed by atoms with Gasteiger partial charge in [0.15, 0.2) is 5.65 Å². The summed E-state index contributed by atoms with van der Waals surface area (Å²) >= 11 is 11.9. The maximum absolute atomic E-state index is 12.6. The first-order valence-corrected chi connectivity index (χ1v) is 8.23. The molecule has 7 heteroatoms. The topological polar surface area (TPSA) is 59.8 Å². The van der Waals surface area contributed by atoms with Gasteiger partial charge in [-0.3, -0.25) is 4.79 Å². The molecule has 0 spiro atoms. The van der Waals surface area contributed by atoms with Crippen molar-refractivity contribution in [3.63, 3.8) is 0 Å². The third-order valence-electron chi connectivity index (χ3n) is 3.61. The van der Waals surface area contributed by atoms with Crippen LogP contribution in [0.5, 0.6) is 0 Å². The number of carbonyl (C=O) groups is 1. The maximum atomic E-state index is 12.6. The molecule has 0 radical (unpaired) electrons. The Kier molecular flexibility index (Phi) is 4.47. The van der Waals surface area contributed by atoms with Gasteiger partial charge in [0.2, 0.25) is 0 Å². The van der Waals surface area contributed by atoms with Crippen LogP contribution in [0.25, 0.3) is 11.0 Å². The fraction of sp³-hybridized carbons (Fsp3) is 0.235. The van der Waals surface area contributed by atoms with Crippen molar-refractivity contribution < 1.29 is 4.79 Å². The quantitative estimate of drug-likeness (QED) is 0.722. The molecule has 0 saturated carbocycles. The molecule has 0 saturated heterocycles. The molecule has 3 rings (SSSR count). The van der Waals surface area contributed by atoms with Gasteiger partial charge in [-0.25, -0.2) is 9.67 Å². The van der Waals surface area contributed by atoms with E-state index in [2.05, 4.69) is 15.4 Å². The summed E-state index contributed by atoms with van der Waals surface area (Å²) in [5.74, 6) is -0.266. The Labute approximate surface area is 149 Å². The van der Waals surface area contributed by atoms with Crippen molar-refractivity contribution in [3.05, 3.63) is 51.8 Å². The minimum Gasteiger partial charge on any atom is -0.322 e. The summed E-state index contributed by atoms with van der Waals surface area (Å²) in [7, 11) is 0. The number of amides is 1. The number of benzene rings is 1. The zero-order valence-corrected chi connectivity index (χ0v) is 15.0. The predicted octanol–water partition coefficient (Wildman–Crippen LogP) is 4.88. The molecule has 1 amide bonds. The van der Waals surface area contributed by atoms with E-state index >= 15 is 0 Å². The van der Waals surface area contributed by atoms with Gasteiger partial charge in [0.05, 0.1) is 17.5 Å². The molecule has 124 valence electrons. The third kappa shape index (κ3) is 3.23. The van der Waals surface area contributed by atoms with E-state index in [0.717, 1.165) is 11.0 Å². The second-order valence-electron chi connectivity index (χ2n) is 5.83. The smallest absolute Gasteiger partial charge is 0.257 e. The first-order chi connectivity index (χ1) is 11.3. The molecule has 2 heterocycles. The van der Waals surface area contributed by atoms with Gasteiger partial charge in [0.25, 0.3) is 5.91 Å². The van der Waals surface area contributed by atoms with Crippen molar-refractivity contribution in [2.24, 2.45) is 0 Å². The number of aromatic nitrogens is 3. The van der Waals surface area contributed by atoms with Crippen LogP contribution in [0, 0.1) is 6.92 Å². The van der Waals surface area contributed by atoms with Crippen molar-refractivity contribution in [2.75, 3.05) is 5.32 Å². The molecule has 24 heavy (non-hydrogen) atoms. The summed E-state index contributed by atoms with van der Waals surface area (Å²) in [4.78, 5) is 17.1. The molecule has 2 aromatic heterocycles. The van der Waals surface area contributed by atoms with Gasteiger partial charge in [-0.2, -0.15) is 5.10 Å². The standard InChI is InChI=1S/C17H16Cl2N4O/c1-9(2)23-16-11(8-20-23)4-15(10(3)21-16)17(24)22-14-6-12(18)5-13(19)7-14/h4-9H,1-3H3,(H,22,24). The molecular weight excluding hydrogens is 347 g/mol. The number of anilines is 1. The molecule has 0 unspecified atom stereocenters. The van der Waals surface area contributed by atoms with E-state index in [-0.39, 0.29) is 11.9 Å². The number of halogens is 2. The molecule has 0 fully saturated rings. The Morgan fingerprint density at radius 2 is 1.83 bits per heavy atom. The number of carbonyl (C=O) groups excluding carboxylic acids is 1. The van der Waals surface area contributed by atoms with E-state index in [9.17, 15) is 4.79 Å². The Morgan fingerprint density at radius 1 is 1.17 bits per heavy atom. The minimum absolute atomic E-state index is 0.197. The number of hydrogen-bond acceptors (Lipinski definition) is 3. The molecule has 0 aliphatic carbocycles. The number of pyridine rings is 1. The largest absolute Gasteiger partial charge is 0.322 e. The van der Waals surface area contributed by atoms with Crippen LogP contribution < -0.4 is 5.32 Å². The van der Waals surface area contributed by atoms with E-state index in [0.29, 0.717) is 27.0 Å². The van der Waals surface area contributed by atoms with E-state index in [4.69, 9.17) is 23.2 Å². The van der Waals surface area contributed by atoms with Gasteiger partial charge in [-0.05, 0) is 45.0 Å². The fourth-order valence-corrected chi connectivity index (χ4v) is 3.02. The van der Waals surface area contributed by atoms with Gasteiger partial charge in [0, 0.05) is 27.2 Å². The van der Waals surface area contributed by atoms with E-state index in [1.54, 1.807) is 37.4 Å². The highest BCUT2D eigenvalue weighted by Crippen LogP contribution is 2.24. The molecule has 0 aliphatic heterocycles. The van der Waals surface area contributed by atoms with Crippen LogP contribution in [0.15, 0.2) is 30.5 Å². The van der Waals surface area contributed by atoms with Crippen molar-refractivity contribution in [3.8, 4) is 0 Å². The van der Waals surface area contributed by atoms with Crippen molar-refractivity contribution in [2.45, 2.75) is 26.8 Å². The number of fused-ring (bicyclic) bond motifs is 1. The average molecular weight is 363 g/mol. The molecular formula is C17H16Cl2N4O. The van der Waals surface area contributed by atoms with E-state index in [1.165, 1.54) is 0 Å². The summed E-state index contributed by atoms with van der Waals surface area (Å²) < 4.78 is 1.83. The van der Waals surface area contributed by atoms with Crippen LogP contribution in [-0.2, 0) is 0 Å². The summed E-state index contributed by atoms with van der Waals surface area (Å²) in [6, 6.07) is 6.89. The van der Waals surface area contributed by atoms with Gasteiger partial charge in [-0.1, -0.05) is 23.2 Å². The summed E-state index contributed by atoms with van der Waals surface area (Å²) in [5, 5.41) is 8.87. The Balaban J connectivity index is 1.96. The molecule has 3 aromatic rings. The van der Waals surface area contributed by atoms with Gasteiger partial charge in [0.1, 0.15) is 0 Å². The van der Waals surface area contributed by atoms with Crippen LogP contribution in [0.1, 0.15) is 35.9 Å². The van der Waals surface area contributed by atoms with Crippen molar-refractivity contribution in [1.82, 2.24) is 14.8 Å². The fourth-order valence-electron chi connectivity index (χ4n) is 2.50. The average Bonchev–Trinajstić information content (AvgIpc) is 2.87. The van der Waals surface area contributed by atoms with Crippen LogP contribution in [0.4, 0.5) is 5.69 Å².